The van der Waals surface area contributed by atoms with Gasteiger partial charge in [0.05, 0.1) is 12.7 Å². The molecular formula is C9H14FN5O3. The second-order valence-corrected chi connectivity index (χ2v) is 3.39. The van der Waals surface area contributed by atoms with Crippen molar-refractivity contribution in [1.82, 2.24) is 15.1 Å². The van der Waals surface area contributed by atoms with E-state index in [4.69, 9.17) is 10.8 Å². The number of nitrogen functional groups attached to an aromatic ring is 1. The number of amides is 2. The van der Waals surface area contributed by atoms with Crippen LogP contribution in [-0.4, -0.2) is 40.1 Å². The van der Waals surface area contributed by atoms with Crippen molar-refractivity contribution in [3.63, 3.8) is 0 Å². The lowest BCUT2D eigenvalue weighted by Gasteiger charge is -2.05. The van der Waals surface area contributed by atoms with Crippen LogP contribution >= 0.6 is 0 Å². The first-order valence-electron chi connectivity index (χ1n) is 5.18. The first kappa shape index (κ1) is 13.7. The summed E-state index contributed by atoms with van der Waals surface area (Å²) in [6, 6.07) is 0. The van der Waals surface area contributed by atoms with Crippen molar-refractivity contribution in [2.75, 3.05) is 24.3 Å². The quantitative estimate of drug-likeness (QED) is 0.574. The van der Waals surface area contributed by atoms with Crippen molar-refractivity contribution in [3.8, 4) is 0 Å². The van der Waals surface area contributed by atoms with Crippen LogP contribution in [0.2, 0.25) is 0 Å². The Morgan fingerprint density at radius 3 is 2.89 bits per heavy atom. The topological polar surface area (TPSA) is 122 Å². The lowest BCUT2D eigenvalue weighted by atomic mass is 10.4. The number of rotatable bonds is 6. The first-order chi connectivity index (χ1) is 8.54. The van der Waals surface area contributed by atoms with Gasteiger partial charge in [-0.3, -0.25) is 4.79 Å². The van der Waals surface area contributed by atoms with Gasteiger partial charge < -0.3 is 21.5 Å². The number of carbonyl (C=O) groups is 2. The van der Waals surface area contributed by atoms with E-state index in [1.807, 2.05) is 0 Å². The van der Waals surface area contributed by atoms with Crippen molar-refractivity contribution in [2.24, 2.45) is 0 Å². The average Bonchev–Trinajstić information content (AvgIpc) is 2.62. The maximum Gasteiger partial charge on any atom is 0.404 e. The van der Waals surface area contributed by atoms with Gasteiger partial charge in [-0.25, -0.2) is 13.9 Å². The maximum atomic E-state index is 12.1. The molecular weight excluding hydrogens is 245 g/mol. The number of aryl methyl sites for hydroxylation is 1. The highest BCUT2D eigenvalue weighted by Crippen LogP contribution is 2.17. The predicted molar refractivity (Wildman–Crippen MR) is 61.9 cm³/mol. The van der Waals surface area contributed by atoms with Gasteiger partial charge in [0.25, 0.3) is 0 Å². The Kier molecular flexibility index (Phi) is 4.90. The van der Waals surface area contributed by atoms with Crippen LogP contribution in [0.5, 0.6) is 0 Å². The Hall–Kier alpha value is -2.32. The third-order valence-electron chi connectivity index (χ3n) is 2.08. The number of carboxylic acid groups (broad SMARTS) is 1. The minimum Gasteiger partial charge on any atom is -0.465 e. The maximum absolute atomic E-state index is 12.1. The summed E-state index contributed by atoms with van der Waals surface area (Å²) < 4.78 is 13.3. The lowest BCUT2D eigenvalue weighted by Crippen LogP contribution is -2.26. The first-order valence-corrected chi connectivity index (χ1v) is 5.18. The highest BCUT2D eigenvalue weighted by molar-refractivity contribution is 5.93. The minimum absolute atomic E-state index is 0.000309. The fourth-order valence-electron chi connectivity index (χ4n) is 1.25. The zero-order chi connectivity index (χ0) is 13.5. The van der Waals surface area contributed by atoms with Crippen LogP contribution in [0.15, 0.2) is 6.20 Å². The van der Waals surface area contributed by atoms with Crippen LogP contribution in [0.25, 0.3) is 0 Å². The standard InChI is InChI=1S/C9H14FN5O3/c10-2-4-15-8(11)6(5-13-15)14-7(16)1-3-12-9(17)18/h5,12H,1-4,11H2,(H,14,16)(H,17,18). The van der Waals surface area contributed by atoms with Crippen LogP contribution in [0.3, 0.4) is 0 Å². The zero-order valence-corrected chi connectivity index (χ0v) is 9.52. The van der Waals surface area contributed by atoms with Crippen molar-refractivity contribution in [2.45, 2.75) is 13.0 Å². The van der Waals surface area contributed by atoms with E-state index < -0.39 is 18.7 Å². The molecule has 9 heteroatoms. The van der Waals surface area contributed by atoms with Crippen LogP contribution in [0.4, 0.5) is 20.7 Å². The highest BCUT2D eigenvalue weighted by Gasteiger charge is 2.10. The Bertz CT molecular complexity index is 434. The molecule has 5 N–H and O–H groups in total. The molecule has 0 saturated heterocycles. The van der Waals surface area contributed by atoms with Gasteiger partial charge in [-0.2, -0.15) is 5.10 Å². The van der Waals surface area contributed by atoms with Crippen LogP contribution in [0, 0.1) is 0 Å². The molecule has 0 aromatic carbocycles. The molecule has 0 aliphatic carbocycles. The monoisotopic (exact) mass is 259 g/mol. The molecule has 0 fully saturated rings. The second kappa shape index (κ2) is 6.42. The molecule has 0 aliphatic heterocycles. The van der Waals surface area contributed by atoms with Gasteiger partial charge in [0, 0.05) is 13.0 Å². The molecule has 8 nitrogen and oxygen atoms in total. The average molecular weight is 259 g/mol. The number of nitrogens with one attached hydrogen (secondary N) is 2. The third-order valence-corrected chi connectivity index (χ3v) is 2.08. The number of nitrogens with two attached hydrogens (primary N) is 1. The molecule has 2 amide bonds. The molecule has 0 bridgehead atoms. The molecule has 0 spiro atoms. The largest absolute Gasteiger partial charge is 0.465 e. The minimum atomic E-state index is -1.20. The third kappa shape index (κ3) is 3.92. The number of nitrogens with zero attached hydrogens (tertiary/aromatic N) is 2. The number of anilines is 2. The fourth-order valence-corrected chi connectivity index (χ4v) is 1.25. The Labute approximate surface area is 102 Å². The predicted octanol–water partition coefficient (Wildman–Crippen LogP) is 0.0310. The Morgan fingerprint density at radius 2 is 2.28 bits per heavy atom. The van der Waals surface area contributed by atoms with Crippen LogP contribution < -0.4 is 16.4 Å². The van der Waals surface area contributed by atoms with E-state index in [1.165, 1.54) is 10.9 Å². The zero-order valence-electron chi connectivity index (χ0n) is 9.52. The molecule has 0 aliphatic rings. The van der Waals surface area contributed by atoms with E-state index in [0.717, 1.165) is 0 Å². The van der Waals surface area contributed by atoms with Crippen molar-refractivity contribution < 1.29 is 19.1 Å². The van der Waals surface area contributed by atoms with Gasteiger partial charge in [-0.05, 0) is 0 Å². The molecule has 1 rings (SSSR count). The molecule has 1 aromatic heterocycles. The van der Waals surface area contributed by atoms with Gasteiger partial charge in [-0.15, -0.1) is 0 Å². The SMILES string of the molecule is Nc1c(NC(=O)CCNC(=O)O)cnn1CCF. The summed E-state index contributed by atoms with van der Waals surface area (Å²) in [7, 11) is 0. The van der Waals surface area contributed by atoms with E-state index in [2.05, 4.69) is 15.7 Å². The van der Waals surface area contributed by atoms with Crippen molar-refractivity contribution >= 4 is 23.5 Å². The molecule has 0 unspecified atom stereocenters. The number of hydrogen-bond acceptors (Lipinski definition) is 4. The van der Waals surface area contributed by atoms with Crippen LogP contribution in [0.1, 0.15) is 6.42 Å². The normalized spacial score (nSPS) is 10.1. The highest BCUT2D eigenvalue weighted by atomic mass is 19.1. The number of halogens is 1. The smallest absolute Gasteiger partial charge is 0.404 e. The van der Waals surface area contributed by atoms with Crippen LogP contribution in [-0.2, 0) is 11.3 Å². The van der Waals surface area contributed by atoms with Crippen molar-refractivity contribution in [3.05, 3.63) is 6.20 Å². The summed E-state index contributed by atoms with van der Waals surface area (Å²) in [5, 5.41) is 16.6. The Balaban J connectivity index is 2.46. The van der Waals surface area contributed by atoms with Crippen molar-refractivity contribution in [1.29, 1.82) is 0 Å². The summed E-state index contributed by atoms with van der Waals surface area (Å²) in [5.41, 5.74) is 5.91. The van der Waals surface area contributed by atoms with E-state index >= 15 is 0 Å². The second-order valence-electron chi connectivity index (χ2n) is 3.39. The van der Waals surface area contributed by atoms with Gasteiger partial charge >= 0.3 is 6.09 Å². The molecule has 0 radical (unpaired) electrons. The number of aromatic nitrogens is 2. The van der Waals surface area contributed by atoms with E-state index in [1.54, 1.807) is 0 Å². The Morgan fingerprint density at radius 1 is 1.56 bits per heavy atom. The molecule has 18 heavy (non-hydrogen) atoms. The summed E-state index contributed by atoms with van der Waals surface area (Å²) in [6.07, 6.45) is 0.0890. The molecule has 1 aromatic rings. The van der Waals surface area contributed by atoms with Gasteiger partial charge in [0.2, 0.25) is 5.91 Å². The number of hydrogen-bond donors (Lipinski definition) is 4. The summed E-state index contributed by atoms with van der Waals surface area (Å²) >= 11 is 0. The summed E-state index contributed by atoms with van der Waals surface area (Å²) in [5.74, 6) is -0.248. The summed E-state index contributed by atoms with van der Waals surface area (Å²) in [4.78, 5) is 21.6. The molecule has 1 heterocycles. The number of alkyl halides is 1. The molecule has 0 saturated carbocycles. The van der Waals surface area contributed by atoms with Gasteiger partial charge in [-0.1, -0.05) is 0 Å². The molecule has 0 atom stereocenters. The lowest BCUT2D eigenvalue weighted by molar-refractivity contribution is -0.116. The van der Waals surface area contributed by atoms with E-state index in [-0.39, 0.29) is 31.0 Å². The summed E-state index contributed by atoms with van der Waals surface area (Å²) in [6.45, 7) is -0.593. The van der Waals surface area contributed by atoms with E-state index in [9.17, 15) is 14.0 Å². The number of carbonyl (C=O) groups excluding carboxylic acids is 1. The van der Waals surface area contributed by atoms with E-state index in [0.29, 0.717) is 0 Å². The van der Waals surface area contributed by atoms with Gasteiger partial charge in [0.1, 0.15) is 18.2 Å². The molecule has 100 valence electrons. The van der Waals surface area contributed by atoms with Gasteiger partial charge in [0.15, 0.2) is 0 Å². The fraction of sp³-hybridized carbons (Fsp3) is 0.444.